The Balaban J connectivity index is 1.75. The van der Waals surface area contributed by atoms with Gasteiger partial charge < -0.3 is 10.1 Å². The molecule has 2 aromatic heterocycles. The molecule has 4 nitrogen and oxygen atoms in total. The molecule has 0 aliphatic heterocycles. The molecular weight excluding hydrogens is 226 g/mol. The van der Waals surface area contributed by atoms with Crippen molar-refractivity contribution in [3.63, 3.8) is 0 Å². The van der Waals surface area contributed by atoms with Gasteiger partial charge in [-0.25, -0.2) is 4.98 Å². The van der Waals surface area contributed by atoms with Gasteiger partial charge in [-0.3, -0.25) is 4.40 Å². The van der Waals surface area contributed by atoms with E-state index in [-0.39, 0.29) is 0 Å². The van der Waals surface area contributed by atoms with Crippen LogP contribution in [0.5, 0.6) is 0 Å². The second-order valence-electron chi connectivity index (χ2n) is 4.62. The second kappa shape index (κ2) is 6.40. The van der Waals surface area contributed by atoms with Crippen molar-refractivity contribution in [2.24, 2.45) is 0 Å². The number of nitrogens with one attached hydrogen (secondary N) is 1. The average molecular weight is 247 g/mol. The number of ether oxygens (including phenoxy) is 1. The summed E-state index contributed by atoms with van der Waals surface area (Å²) in [5, 5.41) is 3.43. The van der Waals surface area contributed by atoms with E-state index in [1.807, 2.05) is 24.5 Å². The molecule has 2 heterocycles. The highest BCUT2D eigenvalue weighted by Gasteiger charge is 1.99. The summed E-state index contributed by atoms with van der Waals surface area (Å²) in [6.45, 7) is 5.93. The lowest BCUT2D eigenvalue weighted by Crippen LogP contribution is -2.08. The second-order valence-corrected chi connectivity index (χ2v) is 4.62. The van der Waals surface area contributed by atoms with Gasteiger partial charge in [-0.2, -0.15) is 0 Å². The summed E-state index contributed by atoms with van der Waals surface area (Å²) in [4.78, 5) is 4.26. The summed E-state index contributed by atoms with van der Waals surface area (Å²) in [7, 11) is 0. The predicted octanol–water partition coefficient (Wildman–Crippen LogP) is 2.95. The van der Waals surface area contributed by atoms with Crippen LogP contribution in [0.1, 0.15) is 26.7 Å². The largest absolute Gasteiger partial charge is 0.379 e. The molecule has 0 spiro atoms. The van der Waals surface area contributed by atoms with Crippen LogP contribution in [0.25, 0.3) is 5.65 Å². The van der Waals surface area contributed by atoms with E-state index in [1.165, 1.54) is 0 Å². The highest BCUT2D eigenvalue weighted by Crippen LogP contribution is 2.10. The first-order valence-electron chi connectivity index (χ1n) is 6.55. The minimum absolute atomic E-state index is 0.331. The summed E-state index contributed by atoms with van der Waals surface area (Å²) in [5.74, 6) is 1.09. The van der Waals surface area contributed by atoms with Gasteiger partial charge in [0.2, 0.25) is 0 Å². The van der Waals surface area contributed by atoms with Crippen molar-refractivity contribution in [1.29, 1.82) is 0 Å². The average Bonchev–Trinajstić information content (AvgIpc) is 2.82. The molecule has 0 saturated carbocycles. The molecule has 18 heavy (non-hydrogen) atoms. The van der Waals surface area contributed by atoms with Crippen LogP contribution in [0.15, 0.2) is 30.6 Å². The van der Waals surface area contributed by atoms with Gasteiger partial charge in [-0.05, 0) is 38.8 Å². The SMILES string of the molecule is CC(C)OCCCCNc1cccc2nccn12. The van der Waals surface area contributed by atoms with Gasteiger partial charge in [0.25, 0.3) is 0 Å². The molecule has 0 radical (unpaired) electrons. The van der Waals surface area contributed by atoms with Gasteiger partial charge >= 0.3 is 0 Å². The molecule has 0 atom stereocenters. The van der Waals surface area contributed by atoms with Gasteiger partial charge in [0.1, 0.15) is 11.5 Å². The normalized spacial score (nSPS) is 11.3. The quantitative estimate of drug-likeness (QED) is 0.764. The fraction of sp³-hybridized carbons (Fsp3) is 0.500. The number of rotatable bonds is 7. The number of hydrogen-bond donors (Lipinski definition) is 1. The van der Waals surface area contributed by atoms with E-state index in [0.29, 0.717) is 6.10 Å². The maximum absolute atomic E-state index is 5.51. The Morgan fingerprint density at radius 3 is 3.06 bits per heavy atom. The minimum atomic E-state index is 0.331. The van der Waals surface area contributed by atoms with Gasteiger partial charge in [0.15, 0.2) is 0 Å². The number of hydrogen-bond acceptors (Lipinski definition) is 3. The van der Waals surface area contributed by atoms with Gasteiger partial charge in [-0.1, -0.05) is 6.07 Å². The third kappa shape index (κ3) is 3.47. The number of unbranched alkanes of at least 4 members (excludes halogenated alkanes) is 1. The third-order valence-electron chi connectivity index (χ3n) is 2.76. The number of fused-ring (bicyclic) bond motifs is 1. The van der Waals surface area contributed by atoms with Crippen molar-refractivity contribution in [3.8, 4) is 0 Å². The van der Waals surface area contributed by atoms with Crippen LogP contribution < -0.4 is 5.32 Å². The summed E-state index contributed by atoms with van der Waals surface area (Å²) >= 11 is 0. The van der Waals surface area contributed by atoms with Crippen LogP contribution in [0.3, 0.4) is 0 Å². The molecule has 2 aromatic rings. The van der Waals surface area contributed by atoms with Crippen LogP contribution in [-0.2, 0) is 4.74 Å². The summed E-state index contributed by atoms with van der Waals surface area (Å²) < 4.78 is 7.57. The van der Waals surface area contributed by atoms with Crippen LogP contribution >= 0.6 is 0 Å². The van der Waals surface area contributed by atoms with Crippen molar-refractivity contribution in [2.75, 3.05) is 18.5 Å². The molecule has 0 amide bonds. The lowest BCUT2D eigenvalue weighted by molar-refractivity contribution is 0.0765. The highest BCUT2D eigenvalue weighted by molar-refractivity contribution is 5.49. The van der Waals surface area contributed by atoms with Crippen molar-refractivity contribution in [1.82, 2.24) is 9.38 Å². The summed E-state index contributed by atoms with van der Waals surface area (Å²) in [5.41, 5.74) is 0.975. The van der Waals surface area contributed by atoms with E-state index in [0.717, 1.165) is 37.5 Å². The van der Waals surface area contributed by atoms with E-state index in [2.05, 4.69) is 34.6 Å². The Morgan fingerprint density at radius 1 is 1.33 bits per heavy atom. The van der Waals surface area contributed by atoms with Crippen molar-refractivity contribution < 1.29 is 4.74 Å². The topological polar surface area (TPSA) is 38.6 Å². The maximum Gasteiger partial charge on any atom is 0.138 e. The van der Waals surface area contributed by atoms with E-state index < -0.39 is 0 Å². The molecule has 0 aromatic carbocycles. The Bertz CT molecular complexity index is 479. The first-order chi connectivity index (χ1) is 8.77. The lowest BCUT2D eigenvalue weighted by atomic mass is 10.3. The number of aromatic nitrogens is 2. The fourth-order valence-corrected chi connectivity index (χ4v) is 1.85. The molecule has 1 N–H and O–H groups in total. The minimum Gasteiger partial charge on any atom is -0.379 e. The standard InChI is InChI=1S/C14H21N3O/c1-12(2)18-11-4-3-8-15-13-6-5-7-14-16-9-10-17(13)14/h5-7,9-10,12,15H,3-4,8,11H2,1-2H3. The first-order valence-corrected chi connectivity index (χ1v) is 6.55. The lowest BCUT2D eigenvalue weighted by Gasteiger charge is -2.10. The van der Waals surface area contributed by atoms with Crippen LogP contribution in [-0.4, -0.2) is 28.6 Å². The van der Waals surface area contributed by atoms with E-state index in [9.17, 15) is 0 Å². The Morgan fingerprint density at radius 2 is 2.22 bits per heavy atom. The molecule has 0 bridgehead atoms. The highest BCUT2D eigenvalue weighted by atomic mass is 16.5. The van der Waals surface area contributed by atoms with Crippen molar-refractivity contribution in [2.45, 2.75) is 32.8 Å². The van der Waals surface area contributed by atoms with E-state index in [4.69, 9.17) is 4.74 Å². The van der Waals surface area contributed by atoms with Crippen molar-refractivity contribution >= 4 is 11.5 Å². The molecule has 0 fully saturated rings. The Kier molecular flexibility index (Phi) is 4.59. The zero-order valence-electron chi connectivity index (χ0n) is 11.1. The number of anilines is 1. The fourth-order valence-electron chi connectivity index (χ4n) is 1.85. The predicted molar refractivity (Wildman–Crippen MR) is 74.0 cm³/mol. The van der Waals surface area contributed by atoms with Crippen LogP contribution in [0, 0.1) is 0 Å². The van der Waals surface area contributed by atoms with Gasteiger partial charge in [0.05, 0.1) is 6.10 Å². The Hall–Kier alpha value is -1.55. The maximum atomic E-state index is 5.51. The Labute approximate surface area is 108 Å². The zero-order chi connectivity index (χ0) is 12.8. The molecule has 0 unspecified atom stereocenters. The smallest absolute Gasteiger partial charge is 0.138 e. The molecule has 0 aliphatic rings. The first kappa shape index (κ1) is 12.9. The molecule has 0 saturated heterocycles. The van der Waals surface area contributed by atoms with E-state index in [1.54, 1.807) is 0 Å². The third-order valence-corrected chi connectivity index (χ3v) is 2.76. The van der Waals surface area contributed by atoms with Crippen LogP contribution in [0.4, 0.5) is 5.82 Å². The molecule has 0 aliphatic carbocycles. The zero-order valence-corrected chi connectivity index (χ0v) is 11.1. The van der Waals surface area contributed by atoms with Crippen molar-refractivity contribution in [3.05, 3.63) is 30.6 Å². The summed E-state index contributed by atoms with van der Waals surface area (Å²) in [6, 6.07) is 6.09. The molecule has 4 heteroatoms. The van der Waals surface area contributed by atoms with Crippen LogP contribution in [0.2, 0.25) is 0 Å². The number of pyridine rings is 1. The molecule has 2 rings (SSSR count). The number of nitrogens with zero attached hydrogens (tertiary/aromatic N) is 2. The molecule has 98 valence electrons. The van der Waals surface area contributed by atoms with Gasteiger partial charge in [-0.15, -0.1) is 0 Å². The van der Waals surface area contributed by atoms with Gasteiger partial charge in [0, 0.05) is 25.5 Å². The monoisotopic (exact) mass is 247 g/mol. The molecular formula is C14H21N3O. The van der Waals surface area contributed by atoms with E-state index >= 15 is 0 Å². The number of imidazole rings is 1. The summed E-state index contributed by atoms with van der Waals surface area (Å²) in [6.07, 6.45) is 6.32.